The summed E-state index contributed by atoms with van der Waals surface area (Å²) >= 11 is 0. The summed E-state index contributed by atoms with van der Waals surface area (Å²) in [5.41, 5.74) is 0.462. The standard InChI is InChI=1S/C15H20N2O2S/c1-11-4-3-5-15(12(11)2)17-20(18,19)14-8-6-13(10-16)7-9-14/h6-9,11-12,15,17H,3-5H2,1-2H3/t11-,12-,15-/m1/s1. The summed E-state index contributed by atoms with van der Waals surface area (Å²) < 4.78 is 27.5. The van der Waals surface area contributed by atoms with Gasteiger partial charge in [-0.15, -0.1) is 0 Å². The average Bonchev–Trinajstić information content (AvgIpc) is 2.44. The van der Waals surface area contributed by atoms with Crippen LogP contribution in [0, 0.1) is 23.2 Å². The summed E-state index contributed by atoms with van der Waals surface area (Å²) in [7, 11) is -3.50. The van der Waals surface area contributed by atoms with Crippen molar-refractivity contribution in [2.24, 2.45) is 11.8 Å². The number of sulfonamides is 1. The molecule has 0 heterocycles. The van der Waals surface area contributed by atoms with E-state index in [-0.39, 0.29) is 10.9 Å². The topological polar surface area (TPSA) is 70.0 Å². The Balaban J connectivity index is 2.16. The van der Waals surface area contributed by atoms with Gasteiger partial charge in [0.25, 0.3) is 0 Å². The fourth-order valence-corrected chi connectivity index (χ4v) is 4.09. The molecule has 108 valence electrons. The summed E-state index contributed by atoms with van der Waals surface area (Å²) in [4.78, 5) is 0.224. The van der Waals surface area contributed by atoms with Gasteiger partial charge in [-0.05, 0) is 42.5 Å². The van der Waals surface area contributed by atoms with Gasteiger partial charge in [-0.1, -0.05) is 26.7 Å². The first-order chi connectivity index (χ1) is 9.44. The first-order valence-electron chi connectivity index (χ1n) is 6.96. The highest BCUT2D eigenvalue weighted by Gasteiger charge is 2.30. The van der Waals surface area contributed by atoms with E-state index in [1.807, 2.05) is 6.07 Å². The van der Waals surface area contributed by atoms with Crippen LogP contribution >= 0.6 is 0 Å². The van der Waals surface area contributed by atoms with Crippen LogP contribution in [-0.4, -0.2) is 14.5 Å². The molecule has 1 saturated carbocycles. The van der Waals surface area contributed by atoms with Crippen molar-refractivity contribution < 1.29 is 8.42 Å². The van der Waals surface area contributed by atoms with Gasteiger partial charge in [0.05, 0.1) is 16.5 Å². The summed E-state index contributed by atoms with van der Waals surface area (Å²) in [6.45, 7) is 4.28. The maximum Gasteiger partial charge on any atom is 0.240 e. The normalized spacial score (nSPS) is 26.9. The Morgan fingerprint density at radius 1 is 1.20 bits per heavy atom. The minimum atomic E-state index is -3.50. The van der Waals surface area contributed by atoms with Crippen LogP contribution in [-0.2, 0) is 10.0 Å². The molecule has 3 atom stereocenters. The van der Waals surface area contributed by atoms with Crippen molar-refractivity contribution in [2.45, 2.75) is 44.0 Å². The van der Waals surface area contributed by atoms with Crippen LogP contribution < -0.4 is 4.72 Å². The van der Waals surface area contributed by atoms with Crippen LogP contribution in [0.4, 0.5) is 0 Å². The van der Waals surface area contributed by atoms with E-state index in [0.717, 1.165) is 19.3 Å². The first kappa shape index (κ1) is 15.0. The van der Waals surface area contributed by atoms with E-state index in [2.05, 4.69) is 18.6 Å². The molecule has 4 nitrogen and oxygen atoms in total. The van der Waals surface area contributed by atoms with Gasteiger partial charge in [0, 0.05) is 6.04 Å². The van der Waals surface area contributed by atoms with Crippen LogP contribution in [0.25, 0.3) is 0 Å². The Morgan fingerprint density at radius 3 is 2.45 bits per heavy atom. The van der Waals surface area contributed by atoms with E-state index in [0.29, 0.717) is 17.4 Å². The molecule has 1 N–H and O–H groups in total. The van der Waals surface area contributed by atoms with Crippen molar-refractivity contribution in [1.82, 2.24) is 4.72 Å². The SMILES string of the molecule is C[C@@H]1[C@H](C)CCC[C@H]1NS(=O)(=O)c1ccc(C#N)cc1. The molecule has 1 fully saturated rings. The maximum absolute atomic E-state index is 12.4. The molecule has 0 bridgehead atoms. The zero-order valence-corrected chi connectivity index (χ0v) is 12.7. The van der Waals surface area contributed by atoms with Gasteiger partial charge in [0.15, 0.2) is 0 Å². The van der Waals surface area contributed by atoms with Gasteiger partial charge >= 0.3 is 0 Å². The van der Waals surface area contributed by atoms with Crippen LogP contribution in [0.3, 0.4) is 0 Å². The molecule has 1 aliphatic rings. The lowest BCUT2D eigenvalue weighted by Gasteiger charge is -2.34. The van der Waals surface area contributed by atoms with Crippen molar-refractivity contribution in [3.63, 3.8) is 0 Å². The molecule has 1 aromatic rings. The molecule has 20 heavy (non-hydrogen) atoms. The zero-order valence-electron chi connectivity index (χ0n) is 11.8. The lowest BCUT2D eigenvalue weighted by atomic mass is 9.78. The zero-order chi connectivity index (χ0) is 14.8. The molecule has 5 heteroatoms. The smallest absolute Gasteiger partial charge is 0.208 e. The van der Waals surface area contributed by atoms with Crippen molar-refractivity contribution in [1.29, 1.82) is 5.26 Å². The Labute approximate surface area is 120 Å². The Hall–Kier alpha value is -1.38. The van der Waals surface area contributed by atoms with Crippen LogP contribution in [0.2, 0.25) is 0 Å². The second-order valence-electron chi connectivity index (χ2n) is 5.63. The monoisotopic (exact) mass is 292 g/mol. The Bertz CT molecular complexity index is 602. The summed E-state index contributed by atoms with van der Waals surface area (Å²) in [6.07, 6.45) is 3.11. The molecule has 1 aliphatic carbocycles. The number of nitrogens with zero attached hydrogens (tertiary/aromatic N) is 1. The van der Waals surface area contributed by atoms with Crippen molar-refractivity contribution in [3.8, 4) is 6.07 Å². The third kappa shape index (κ3) is 3.20. The predicted octanol–water partition coefficient (Wildman–Crippen LogP) is 2.66. The second kappa shape index (κ2) is 5.94. The minimum absolute atomic E-state index is 0.000562. The molecular formula is C15H20N2O2S. The predicted molar refractivity (Wildman–Crippen MR) is 77.4 cm³/mol. The lowest BCUT2D eigenvalue weighted by Crippen LogP contribution is -2.43. The van der Waals surface area contributed by atoms with E-state index in [9.17, 15) is 8.42 Å². The highest BCUT2D eigenvalue weighted by molar-refractivity contribution is 7.89. The molecule has 2 rings (SSSR count). The third-order valence-electron chi connectivity index (χ3n) is 4.31. The summed E-state index contributed by atoms with van der Waals surface area (Å²) in [5, 5.41) is 8.74. The molecule has 0 radical (unpaired) electrons. The van der Waals surface area contributed by atoms with Crippen LogP contribution in [0.15, 0.2) is 29.2 Å². The molecule has 1 aromatic carbocycles. The Morgan fingerprint density at radius 2 is 1.85 bits per heavy atom. The van der Waals surface area contributed by atoms with Crippen LogP contribution in [0.1, 0.15) is 38.7 Å². The van der Waals surface area contributed by atoms with E-state index < -0.39 is 10.0 Å². The lowest BCUT2D eigenvalue weighted by molar-refractivity contribution is 0.227. The number of nitrogens with one attached hydrogen (secondary N) is 1. The first-order valence-corrected chi connectivity index (χ1v) is 8.45. The fourth-order valence-electron chi connectivity index (χ4n) is 2.72. The van der Waals surface area contributed by atoms with Gasteiger partial charge in [-0.2, -0.15) is 5.26 Å². The third-order valence-corrected chi connectivity index (χ3v) is 5.81. The highest BCUT2D eigenvalue weighted by Crippen LogP contribution is 2.30. The number of benzene rings is 1. The van der Waals surface area contributed by atoms with Gasteiger partial charge in [0.2, 0.25) is 10.0 Å². The summed E-state index contributed by atoms with van der Waals surface area (Å²) in [5.74, 6) is 0.884. The molecule has 0 spiro atoms. The van der Waals surface area contributed by atoms with Crippen LogP contribution in [0.5, 0.6) is 0 Å². The molecular weight excluding hydrogens is 272 g/mol. The molecule has 0 aliphatic heterocycles. The number of hydrogen-bond donors (Lipinski definition) is 1. The number of hydrogen-bond acceptors (Lipinski definition) is 3. The van der Waals surface area contributed by atoms with Crippen molar-refractivity contribution in [2.75, 3.05) is 0 Å². The van der Waals surface area contributed by atoms with E-state index in [1.165, 1.54) is 24.3 Å². The van der Waals surface area contributed by atoms with Gasteiger partial charge in [-0.3, -0.25) is 0 Å². The van der Waals surface area contributed by atoms with Crippen molar-refractivity contribution >= 4 is 10.0 Å². The van der Waals surface area contributed by atoms with E-state index >= 15 is 0 Å². The fraction of sp³-hybridized carbons (Fsp3) is 0.533. The van der Waals surface area contributed by atoms with Crippen molar-refractivity contribution in [3.05, 3.63) is 29.8 Å². The minimum Gasteiger partial charge on any atom is -0.208 e. The molecule has 0 unspecified atom stereocenters. The summed E-state index contributed by atoms with van der Waals surface area (Å²) in [6, 6.07) is 8.01. The quantitative estimate of drug-likeness (QED) is 0.931. The van der Waals surface area contributed by atoms with E-state index in [4.69, 9.17) is 5.26 Å². The largest absolute Gasteiger partial charge is 0.240 e. The van der Waals surface area contributed by atoms with Gasteiger partial charge in [-0.25, -0.2) is 13.1 Å². The molecule has 0 amide bonds. The number of rotatable bonds is 3. The van der Waals surface area contributed by atoms with E-state index in [1.54, 1.807) is 0 Å². The number of nitriles is 1. The van der Waals surface area contributed by atoms with Gasteiger partial charge in [0.1, 0.15) is 0 Å². The average molecular weight is 292 g/mol. The molecule has 0 aromatic heterocycles. The van der Waals surface area contributed by atoms with Gasteiger partial charge < -0.3 is 0 Å². The maximum atomic E-state index is 12.4. The molecule has 0 saturated heterocycles. The highest BCUT2D eigenvalue weighted by atomic mass is 32.2. The Kier molecular flexibility index (Phi) is 4.46. The second-order valence-corrected chi connectivity index (χ2v) is 7.35.